The van der Waals surface area contributed by atoms with Gasteiger partial charge >= 0.3 is 51.4 Å². The number of hydrogen-bond acceptors (Lipinski definition) is 6. The second kappa shape index (κ2) is 7.69. The first-order chi connectivity index (χ1) is 11.0. The van der Waals surface area contributed by atoms with Crippen LogP contribution in [0.2, 0.25) is 0 Å². The molecule has 0 aliphatic carbocycles. The van der Waals surface area contributed by atoms with Crippen LogP contribution in [0.25, 0.3) is 4.91 Å². The molecule has 1 saturated heterocycles. The summed E-state index contributed by atoms with van der Waals surface area (Å²) in [6.45, 7) is 1.51. The zero-order valence-electron chi connectivity index (χ0n) is 13.1. The van der Waals surface area contributed by atoms with E-state index in [2.05, 4.69) is 5.32 Å². The van der Waals surface area contributed by atoms with Crippen LogP contribution in [0.15, 0.2) is 30.0 Å². The molecule has 120 valence electrons. The third-order valence-corrected chi connectivity index (χ3v) is 5.27. The first-order valence-electron chi connectivity index (χ1n) is 6.89. The molecule has 2 amide bonds. The maximum Gasteiger partial charge on any atom is 1.00 e. The molecule has 3 rings (SSSR count). The smallest absolute Gasteiger partial charge is 0.543 e. The van der Waals surface area contributed by atoms with Crippen LogP contribution in [0.3, 0.4) is 0 Å². The number of nitrogens with zero attached hydrogens (tertiary/aromatic N) is 1. The van der Waals surface area contributed by atoms with Crippen LogP contribution in [0.1, 0.15) is 12.5 Å². The summed E-state index contributed by atoms with van der Waals surface area (Å²) in [5.41, 5.74) is 1.01. The maximum absolute atomic E-state index is 12.1. The molecule has 0 bridgehead atoms. The van der Waals surface area contributed by atoms with E-state index in [1.165, 1.54) is 23.6 Å². The second-order valence-electron chi connectivity index (χ2n) is 5.29. The Kier molecular flexibility index (Phi) is 6.29. The summed E-state index contributed by atoms with van der Waals surface area (Å²) in [6.07, 6.45) is -0.305. The van der Waals surface area contributed by atoms with Crippen molar-refractivity contribution < 1.29 is 76.0 Å². The topological polar surface area (TPSA) is 110 Å². The number of carbonyl (C=O) groups excluding carboxylic acids is 3. The van der Waals surface area contributed by atoms with Gasteiger partial charge in [-0.2, -0.15) is 0 Å². The fourth-order valence-electron chi connectivity index (χ4n) is 2.76. The molecule has 2 heterocycles. The molecule has 2 aliphatic heterocycles. The van der Waals surface area contributed by atoms with Gasteiger partial charge in [0.15, 0.2) is 0 Å². The molecule has 0 saturated carbocycles. The number of β-lactam (4-membered cyclic amide) rings is 1. The Hall–Kier alpha value is -0.684. The zero-order valence-corrected chi connectivity index (χ0v) is 17.0. The third-order valence-electron chi connectivity index (χ3n) is 3.86. The molecule has 1 aromatic rings. The standard InChI is InChI=1S/C15H14N2O5S.K/c1-7(19)10-13(20)17-11(15(21)22)12(23-14(10)17)8-2-4-9(5-3-8)16-6-18;/h2-7,10,14,19H,1H3,(H,16,18)(H,21,22);/q;+1/p-1/t7?,10-,14+;/m0./s1. The number of aliphatic carboxylic acids is 1. The summed E-state index contributed by atoms with van der Waals surface area (Å²) in [5, 5.41) is 23.2. The Labute approximate surface area is 184 Å². The van der Waals surface area contributed by atoms with E-state index in [4.69, 9.17) is 0 Å². The number of aliphatic hydroxyl groups excluding tert-OH is 1. The number of nitrogens with one attached hydrogen (secondary N) is 1. The van der Waals surface area contributed by atoms with Gasteiger partial charge in [0, 0.05) is 10.6 Å². The van der Waals surface area contributed by atoms with Crippen LogP contribution in [-0.2, 0) is 14.4 Å². The first kappa shape index (κ1) is 19.6. The van der Waals surface area contributed by atoms with Crippen molar-refractivity contribution in [1.29, 1.82) is 0 Å². The molecular weight excluding hydrogens is 359 g/mol. The molecule has 2 N–H and O–H groups in total. The van der Waals surface area contributed by atoms with Gasteiger partial charge in [-0.3, -0.25) is 14.5 Å². The Bertz CT molecular complexity index is 719. The Morgan fingerprint density at radius 2 is 2.04 bits per heavy atom. The van der Waals surface area contributed by atoms with Gasteiger partial charge in [-0.15, -0.1) is 0 Å². The van der Waals surface area contributed by atoms with Crippen molar-refractivity contribution in [3.8, 4) is 0 Å². The van der Waals surface area contributed by atoms with Crippen LogP contribution >= 0.6 is 11.8 Å². The van der Waals surface area contributed by atoms with Crippen LogP contribution in [0, 0.1) is 5.92 Å². The largest absolute Gasteiger partial charge is 1.00 e. The number of anilines is 1. The molecular formula is C15H13KN2O5S. The Morgan fingerprint density at radius 3 is 2.54 bits per heavy atom. The summed E-state index contributed by atoms with van der Waals surface area (Å²) in [4.78, 5) is 35.6. The van der Waals surface area contributed by atoms with E-state index in [9.17, 15) is 24.6 Å². The Morgan fingerprint density at radius 1 is 1.42 bits per heavy atom. The summed E-state index contributed by atoms with van der Waals surface area (Å²) < 4.78 is 0. The fraction of sp³-hybridized carbons (Fsp3) is 0.267. The van der Waals surface area contributed by atoms with Crippen molar-refractivity contribution in [2.75, 3.05) is 5.32 Å². The molecule has 2 aliphatic rings. The average Bonchev–Trinajstić information content (AvgIpc) is 2.83. The first-order valence-corrected chi connectivity index (χ1v) is 7.77. The van der Waals surface area contributed by atoms with Crippen LogP contribution < -0.4 is 61.8 Å². The normalized spacial score (nSPS) is 23.1. The van der Waals surface area contributed by atoms with E-state index in [1.807, 2.05) is 0 Å². The number of aliphatic hydroxyl groups is 1. The molecule has 1 unspecified atom stereocenters. The zero-order chi connectivity index (χ0) is 16.7. The summed E-state index contributed by atoms with van der Waals surface area (Å²) in [6, 6.07) is 6.58. The number of benzene rings is 1. The number of rotatable bonds is 5. The quantitative estimate of drug-likeness (QED) is 0.317. The predicted octanol–water partition coefficient (Wildman–Crippen LogP) is -3.41. The Balaban J connectivity index is 0.00000208. The van der Waals surface area contributed by atoms with Gasteiger partial charge in [0.05, 0.1) is 23.7 Å². The van der Waals surface area contributed by atoms with Crippen molar-refractivity contribution >= 4 is 40.6 Å². The second-order valence-corrected chi connectivity index (χ2v) is 6.41. The molecule has 3 atom stereocenters. The molecule has 0 aromatic heterocycles. The molecule has 7 nitrogen and oxygen atoms in total. The van der Waals surface area contributed by atoms with Gasteiger partial charge < -0.3 is 20.3 Å². The average molecular weight is 372 g/mol. The van der Waals surface area contributed by atoms with Crippen molar-refractivity contribution in [2.45, 2.75) is 18.4 Å². The van der Waals surface area contributed by atoms with E-state index in [0.717, 1.165) is 0 Å². The third kappa shape index (κ3) is 3.21. The number of thioether (sulfide) groups is 1. The number of fused-ring (bicyclic) bond motifs is 1. The molecule has 1 fully saturated rings. The number of carboxylic acid groups (broad SMARTS) is 1. The van der Waals surface area contributed by atoms with Crippen molar-refractivity contribution in [2.24, 2.45) is 5.92 Å². The summed E-state index contributed by atoms with van der Waals surface area (Å²) in [5.74, 6) is -2.46. The van der Waals surface area contributed by atoms with Gasteiger partial charge in [0.1, 0.15) is 5.37 Å². The number of carboxylic acids is 1. The van der Waals surface area contributed by atoms with E-state index in [-0.39, 0.29) is 57.1 Å². The van der Waals surface area contributed by atoms with E-state index in [0.29, 0.717) is 22.6 Å². The summed E-state index contributed by atoms with van der Waals surface area (Å²) in [7, 11) is 0. The summed E-state index contributed by atoms with van der Waals surface area (Å²) >= 11 is 1.22. The molecule has 1 aromatic carbocycles. The fourth-order valence-corrected chi connectivity index (χ4v) is 4.37. The SMILES string of the molecule is CC(O)[C@H]1C(=O)N2C(C(=O)[O-])=C(c3ccc(NC=O)cc3)S[C@H]12.[K+]. The van der Waals surface area contributed by atoms with Crippen LogP contribution in [-0.4, -0.2) is 39.8 Å². The van der Waals surface area contributed by atoms with Crippen LogP contribution in [0.5, 0.6) is 0 Å². The molecule has 0 spiro atoms. The molecule has 9 heteroatoms. The van der Waals surface area contributed by atoms with E-state index in [1.54, 1.807) is 24.3 Å². The minimum Gasteiger partial charge on any atom is -0.543 e. The number of hydrogen-bond donors (Lipinski definition) is 2. The van der Waals surface area contributed by atoms with Crippen molar-refractivity contribution in [1.82, 2.24) is 4.90 Å². The van der Waals surface area contributed by atoms with Crippen LogP contribution in [0.4, 0.5) is 5.69 Å². The van der Waals surface area contributed by atoms with Gasteiger partial charge in [-0.1, -0.05) is 23.9 Å². The van der Waals surface area contributed by atoms with Gasteiger partial charge in [-0.05, 0) is 24.6 Å². The predicted molar refractivity (Wildman–Crippen MR) is 81.5 cm³/mol. The molecule has 0 radical (unpaired) electrons. The minimum absolute atomic E-state index is 0. The molecule has 24 heavy (non-hydrogen) atoms. The van der Waals surface area contributed by atoms with Crippen molar-refractivity contribution in [3.05, 3.63) is 35.5 Å². The maximum atomic E-state index is 12.1. The number of carbonyl (C=O) groups is 3. The van der Waals surface area contributed by atoms with Gasteiger partial charge in [0.2, 0.25) is 12.3 Å². The van der Waals surface area contributed by atoms with Gasteiger partial charge in [-0.25, -0.2) is 0 Å². The number of amides is 2. The van der Waals surface area contributed by atoms with E-state index >= 15 is 0 Å². The van der Waals surface area contributed by atoms with Gasteiger partial charge in [0.25, 0.3) is 0 Å². The van der Waals surface area contributed by atoms with E-state index < -0.39 is 29.3 Å². The van der Waals surface area contributed by atoms with Crippen molar-refractivity contribution in [3.63, 3.8) is 0 Å². The monoisotopic (exact) mass is 372 g/mol. The minimum atomic E-state index is -1.43.